The van der Waals surface area contributed by atoms with Crippen molar-refractivity contribution in [1.29, 1.82) is 1.34 Å². The Kier molecular flexibility index (Phi) is 2.40. The van der Waals surface area contributed by atoms with Crippen LogP contribution in [-0.4, -0.2) is 20.2 Å². The molecule has 0 aliphatic rings. The van der Waals surface area contributed by atoms with Crippen LogP contribution in [0.5, 0.6) is 0 Å². The van der Waals surface area contributed by atoms with Gasteiger partial charge in [0.1, 0.15) is 7.53 Å². The molecule has 0 N–H and O–H groups in total. The maximum absolute atomic E-state index is 7.23. The summed E-state index contributed by atoms with van der Waals surface area (Å²) in [6, 6.07) is 0. The lowest BCUT2D eigenvalue weighted by Gasteiger charge is -2.31. The molecule has 0 saturated carbocycles. The molecule has 0 heterocycles. The third-order valence-corrected chi connectivity index (χ3v) is 7.23. The second-order valence-electron chi connectivity index (χ2n) is 3.28. The van der Waals surface area contributed by atoms with E-state index >= 15 is 0 Å². The SMILES string of the molecule is [2H][B]P(=S)(CC)C(C)(C)C. The number of hydrogen-bond acceptors (Lipinski definition) is 1. The first-order valence-electron chi connectivity index (χ1n) is 3.77. The van der Waals surface area contributed by atoms with Crippen LogP contribution in [0.3, 0.4) is 0 Å². The lowest BCUT2D eigenvalue weighted by atomic mass is 10.3. The molecule has 0 rings (SSSR count). The largest absolute Gasteiger partial charge is 0.139 e. The van der Waals surface area contributed by atoms with Gasteiger partial charge in [0.25, 0.3) is 0 Å². The van der Waals surface area contributed by atoms with Gasteiger partial charge in [0.15, 0.2) is 0 Å². The summed E-state index contributed by atoms with van der Waals surface area (Å²) < 4.78 is 7.23. The Bertz CT molecular complexity index is 144. The molecule has 1 atom stereocenters. The topological polar surface area (TPSA) is 0 Å². The van der Waals surface area contributed by atoms with E-state index in [0.29, 0.717) is 0 Å². The third kappa shape index (κ3) is 2.43. The zero-order valence-corrected chi connectivity index (χ0v) is 8.35. The Morgan fingerprint density at radius 2 is 2.11 bits per heavy atom. The summed E-state index contributed by atoms with van der Waals surface area (Å²) in [7, 11) is 1.50. The highest BCUT2D eigenvalue weighted by Crippen LogP contribution is 2.52. The Hall–Kier alpha value is 0.715. The maximum atomic E-state index is 7.23. The lowest BCUT2D eigenvalue weighted by molar-refractivity contribution is 0.789. The quantitative estimate of drug-likeness (QED) is 0.442. The van der Waals surface area contributed by atoms with Gasteiger partial charge in [-0.05, 0) is 12.7 Å². The van der Waals surface area contributed by atoms with Crippen molar-refractivity contribution in [2.45, 2.75) is 32.9 Å². The van der Waals surface area contributed by atoms with E-state index in [1.54, 1.807) is 0 Å². The van der Waals surface area contributed by atoms with Gasteiger partial charge in [-0.1, -0.05) is 33.6 Å². The molecule has 1 unspecified atom stereocenters. The third-order valence-electron chi connectivity index (χ3n) is 1.61. The zero-order valence-electron chi connectivity index (χ0n) is 7.64. The highest BCUT2D eigenvalue weighted by atomic mass is 32.4. The molecule has 9 heavy (non-hydrogen) atoms. The van der Waals surface area contributed by atoms with E-state index < -0.39 is 5.92 Å². The number of hydrogen-bond donors (Lipinski definition) is 0. The second-order valence-corrected chi connectivity index (χ2v) is 8.80. The van der Waals surface area contributed by atoms with Crippen LogP contribution in [0.25, 0.3) is 0 Å². The van der Waals surface area contributed by atoms with E-state index in [1.165, 1.54) is 7.53 Å². The molecular weight excluding hydrogens is 146 g/mol. The zero-order chi connectivity index (χ0) is 8.41. The summed E-state index contributed by atoms with van der Waals surface area (Å²) in [6.07, 6.45) is 0.968. The molecule has 0 aliphatic heterocycles. The fraction of sp³-hybridized carbons (Fsp3) is 1.00. The van der Waals surface area contributed by atoms with E-state index in [-0.39, 0.29) is 5.16 Å². The van der Waals surface area contributed by atoms with E-state index in [2.05, 4.69) is 27.7 Å². The molecule has 0 nitrogen and oxygen atoms in total. The molecule has 0 aromatic carbocycles. The van der Waals surface area contributed by atoms with Gasteiger partial charge in [-0.15, -0.1) is 11.8 Å². The van der Waals surface area contributed by atoms with Crippen molar-refractivity contribution in [2.75, 3.05) is 6.16 Å². The lowest BCUT2D eigenvalue weighted by Crippen LogP contribution is -2.15. The maximum Gasteiger partial charge on any atom is 0.139 e. The smallest absolute Gasteiger partial charge is 0.108 e. The van der Waals surface area contributed by atoms with Crippen molar-refractivity contribution in [3.8, 4) is 0 Å². The first kappa shape index (κ1) is 7.82. The predicted octanol–water partition coefficient (Wildman–Crippen LogP) is 2.10. The van der Waals surface area contributed by atoms with Gasteiger partial charge in [-0.3, -0.25) is 0 Å². The van der Waals surface area contributed by atoms with Crippen LogP contribution in [0.15, 0.2) is 0 Å². The normalized spacial score (nSPS) is 20.2. The first-order chi connectivity index (χ1) is 4.37. The molecule has 0 saturated heterocycles. The van der Waals surface area contributed by atoms with Crippen molar-refractivity contribution in [3.05, 3.63) is 0 Å². The minimum absolute atomic E-state index is 0.138. The molecular formula is C6H15BPS. The Morgan fingerprint density at radius 3 is 2.11 bits per heavy atom. The van der Waals surface area contributed by atoms with Crippen LogP contribution in [-0.2, 0) is 11.8 Å². The van der Waals surface area contributed by atoms with Crippen LogP contribution >= 0.6 is 5.92 Å². The van der Waals surface area contributed by atoms with Crippen LogP contribution in [0.1, 0.15) is 27.7 Å². The molecule has 3 heteroatoms. The fourth-order valence-corrected chi connectivity index (χ4v) is 1.42. The Balaban J connectivity index is 4.51. The van der Waals surface area contributed by atoms with Crippen molar-refractivity contribution in [2.24, 2.45) is 0 Å². The van der Waals surface area contributed by atoms with Crippen LogP contribution in [0, 0.1) is 0 Å². The van der Waals surface area contributed by atoms with Gasteiger partial charge in [0.05, 0.1) is 0 Å². The molecule has 0 bridgehead atoms. The molecule has 0 aromatic heterocycles. The minimum Gasteiger partial charge on any atom is -0.108 e. The van der Waals surface area contributed by atoms with Gasteiger partial charge in [0, 0.05) is 0 Å². The highest BCUT2D eigenvalue weighted by Gasteiger charge is 2.23. The number of rotatable bonds is 2. The van der Waals surface area contributed by atoms with Crippen molar-refractivity contribution >= 4 is 25.3 Å². The highest BCUT2D eigenvalue weighted by molar-refractivity contribution is 8.26. The van der Waals surface area contributed by atoms with Gasteiger partial charge >= 0.3 is 0 Å². The Morgan fingerprint density at radius 1 is 1.67 bits per heavy atom. The van der Waals surface area contributed by atoms with Crippen molar-refractivity contribution in [1.82, 2.24) is 0 Å². The Labute approximate surface area is 66.2 Å². The molecule has 0 fully saturated rings. The van der Waals surface area contributed by atoms with Gasteiger partial charge in [-0.2, -0.15) is 0 Å². The minimum atomic E-state index is -1.49. The van der Waals surface area contributed by atoms with Gasteiger partial charge in [0.2, 0.25) is 0 Å². The average Bonchev–Trinajstić information content (AvgIpc) is 1.84. The van der Waals surface area contributed by atoms with Crippen LogP contribution in [0.4, 0.5) is 0 Å². The van der Waals surface area contributed by atoms with E-state index in [1.807, 2.05) is 0 Å². The summed E-state index contributed by atoms with van der Waals surface area (Å²) in [5.74, 6) is -1.49. The van der Waals surface area contributed by atoms with Crippen molar-refractivity contribution in [3.63, 3.8) is 0 Å². The fourth-order valence-electron chi connectivity index (χ4n) is 0.474. The molecule has 0 spiro atoms. The van der Waals surface area contributed by atoms with Crippen molar-refractivity contribution < 1.29 is 0 Å². The molecule has 53 valence electrons. The van der Waals surface area contributed by atoms with Gasteiger partial charge < -0.3 is 0 Å². The summed E-state index contributed by atoms with van der Waals surface area (Å²) in [4.78, 5) is 0. The molecule has 0 amide bonds. The van der Waals surface area contributed by atoms with Crippen LogP contribution in [0.2, 0.25) is 0 Å². The average molecular weight is 162 g/mol. The molecule has 0 aromatic rings. The van der Waals surface area contributed by atoms with E-state index in [4.69, 9.17) is 13.1 Å². The molecule has 1 radical (unpaired) electrons. The predicted molar refractivity (Wildman–Crippen MR) is 51.7 cm³/mol. The van der Waals surface area contributed by atoms with E-state index in [0.717, 1.165) is 6.16 Å². The summed E-state index contributed by atoms with van der Waals surface area (Å²) in [5.41, 5.74) is 0. The summed E-state index contributed by atoms with van der Waals surface area (Å²) in [6.45, 7) is 8.46. The second kappa shape index (κ2) is 2.76. The molecule has 0 aliphatic carbocycles. The first-order valence-corrected chi connectivity index (χ1v) is 6.24. The van der Waals surface area contributed by atoms with E-state index in [9.17, 15) is 0 Å². The van der Waals surface area contributed by atoms with Gasteiger partial charge in [-0.25, -0.2) is 0 Å². The monoisotopic (exact) mass is 162 g/mol. The summed E-state index contributed by atoms with van der Waals surface area (Å²) >= 11 is 5.41. The summed E-state index contributed by atoms with van der Waals surface area (Å²) in [5, 5.41) is 0.138. The standard InChI is InChI=1S/C6H15BPS/c1-5-8(7,9)6(2,3)4/h7H,5H2,1-4H3/i7D. The van der Waals surface area contributed by atoms with Crippen LogP contribution < -0.4 is 0 Å².